The van der Waals surface area contributed by atoms with Crippen molar-refractivity contribution in [2.75, 3.05) is 0 Å². The number of benzene rings is 7. The van der Waals surface area contributed by atoms with Crippen LogP contribution in [0.15, 0.2) is 121 Å². The molecule has 10 radical (unpaired) electrons. The van der Waals surface area contributed by atoms with E-state index in [1.54, 1.807) is 0 Å². The summed E-state index contributed by atoms with van der Waals surface area (Å²) < 4.78 is 2.21. The molecule has 0 N–H and O–H groups in total. The van der Waals surface area contributed by atoms with Gasteiger partial charge in [0.2, 0.25) is 0 Å². The average Bonchev–Trinajstić information content (AvgIpc) is 3.44. The molecule has 0 atom stereocenters. The van der Waals surface area contributed by atoms with Crippen LogP contribution < -0.4 is 27.3 Å². The van der Waals surface area contributed by atoms with E-state index in [9.17, 15) is 0 Å². The van der Waals surface area contributed by atoms with Crippen LogP contribution in [0, 0.1) is 6.92 Å². The number of rotatable bonds is 4. The van der Waals surface area contributed by atoms with Crippen LogP contribution in [0.3, 0.4) is 0 Å². The van der Waals surface area contributed by atoms with E-state index in [0.29, 0.717) is 16.5 Å². The van der Waals surface area contributed by atoms with E-state index in [0.717, 1.165) is 71.9 Å². The number of aryl methyl sites for hydroxylation is 1. The number of fused-ring (bicyclic) bond motifs is 3. The molecule has 0 spiro atoms. The summed E-state index contributed by atoms with van der Waals surface area (Å²) >= 11 is 0. The van der Waals surface area contributed by atoms with Crippen molar-refractivity contribution in [2.45, 2.75) is 6.92 Å². The Balaban J connectivity index is 1.47. The highest BCUT2D eigenvalue weighted by Gasteiger charge is 2.20. The molecule has 0 bridgehead atoms. The third-order valence-corrected chi connectivity index (χ3v) is 9.20. The Morgan fingerprint density at radius 1 is 0.447 bits per heavy atom. The Kier molecular flexibility index (Phi) is 7.02. The molecule has 0 aliphatic rings. The van der Waals surface area contributed by atoms with Crippen LogP contribution >= 0.6 is 0 Å². The number of imidazole rings is 1. The summed E-state index contributed by atoms with van der Waals surface area (Å²) in [6, 6.07) is 42.2. The molecule has 7 heteroatoms. The number of hydrogen-bond acceptors (Lipinski definition) is 1. The van der Waals surface area contributed by atoms with Gasteiger partial charge in [-0.3, -0.25) is 4.57 Å². The minimum Gasteiger partial charge on any atom is -0.297 e. The van der Waals surface area contributed by atoms with Crippen LogP contribution in [-0.4, -0.2) is 48.8 Å². The highest BCUT2D eigenvalue weighted by Crippen LogP contribution is 2.45. The summed E-state index contributed by atoms with van der Waals surface area (Å²) in [5, 5.41) is 4.41. The highest BCUT2D eigenvalue weighted by molar-refractivity contribution is 6.68. The lowest BCUT2D eigenvalue weighted by atomic mass is 9.59. The van der Waals surface area contributed by atoms with Gasteiger partial charge in [0.05, 0.1) is 11.0 Å². The first kappa shape index (κ1) is 29.3. The Hall–Kier alpha value is -5.15. The molecule has 7 aromatic carbocycles. The van der Waals surface area contributed by atoms with E-state index in [1.807, 2.05) is 37.3 Å². The summed E-state index contributed by atoms with van der Waals surface area (Å²) in [4.78, 5) is 4.82. The fraction of sp³-hybridized carbons (Fsp3) is 0.0250. The summed E-state index contributed by atoms with van der Waals surface area (Å²) in [5.74, 6) is 0.930. The van der Waals surface area contributed by atoms with Gasteiger partial charge in [0, 0.05) is 5.69 Å². The Morgan fingerprint density at radius 2 is 1.00 bits per heavy atom. The summed E-state index contributed by atoms with van der Waals surface area (Å²) in [6.45, 7) is 2.04. The Bertz CT molecular complexity index is 2510. The average molecular weight is 586 g/mol. The summed E-state index contributed by atoms with van der Waals surface area (Å²) in [5.41, 5.74) is 10.2. The molecule has 0 amide bonds. The van der Waals surface area contributed by atoms with E-state index >= 15 is 0 Å². The molecule has 1 heterocycles. The lowest BCUT2D eigenvalue weighted by Gasteiger charge is -2.23. The largest absolute Gasteiger partial charge is 0.297 e. The van der Waals surface area contributed by atoms with Gasteiger partial charge < -0.3 is 0 Å². The summed E-state index contributed by atoms with van der Waals surface area (Å²) in [6.07, 6.45) is 0. The maximum absolute atomic E-state index is 6.56. The molecule has 2 nitrogen and oxygen atoms in total. The zero-order valence-corrected chi connectivity index (χ0v) is 25.8. The molecule has 8 aromatic rings. The Labute approximate surface area is 280 Å². The van der Waals surface area contributed by atoms with Gasteiger partial charge in [-0.1, -0.05) is 102 Å². The molecule has 0 unspecified atom stereocenters. The van der Waals surface area contributed by atoms with Crippen LogP contribution in [0.25, 0.3) is 71.6 Å². The second-order valence-corrected chi connectivity index (χ2v) is 11.9. The molecule has 0 saturated carbocycles. The first-order valence-electron chi connectivity index (χ1n) is 15.4. The minimum atomic E-state index is 0.198. The van der Waals surface area contributed by atoms with Crippen molar-refractivity contribution in [1.29, 1.82) is 0 Å². The topological polar surface area (TPSA) is 17.8 Å². The minimum absolute atomic E-state index is 0.198. The van der Waals surface area contributed by atoms with Gasteiger partial charge in [0.1, 0.15) is 45.1 Å². The predicted octanol–water partition coefficient (Wildman–Crippen LogP) is 4.61. The number of hydrogen-bond donors (Lipinski definition) is 0. The first-order chi connectivity index (χ1) is 22.8. The maximum Gasteiger partial charge on any atom is 0.113 e. The molecule has 0 aliphatic heterocycles. The van der Waals surface area contributed by atoms with Crippen molar-refractivity contribution in [3.05, 3.63) is 127 Å². The van der Waals surface area contributed by atoms with Crippen molar-refractivity contribution < 1.29 is 0 Å². The molecular formula is C40H23B5N2. The third kappa shape index (κ3) is 4.60. The lowest BCUT2D eigenvalue weighted by molar-refractivity contribution is 1.00. The van der Waals surface area contributed by atoms with E-state index in [1.165, 1.54) is 0 Å². The van der Waals surface area contributed by atoms with Gasteiger partial charge in [0.25, 0.3) is 0 Å². The fourth-order valence-electron chi connectivity index (χ4n) is 6.99. The maximum atomic E-state index is 6.56. The van der Waals surface area contributed by atoms with Crippen molar-refractivity contribution in [1.82, 2.24) is 9.55 Å². The molecule has 0 fully saturated rings. The normalized spacial score (nSPS) is 11.5. The fourth-order valence-corrected chi connectivity index (χ4v) is 6.99. The molecule has 0 saturated heterocycles. The van der Waals surface area contributed by atoms with Crippen LogP contribution in [0.1, 0.15) is 5.82 Å². The molecule has 208 valence electrons. The smallest absolute Gasteiger partial charge is 0.113 e. The zero-order valence-electron chi connectivity index (χ0n) is 25.8. The highest BCUT2D eigenvalue weighted by atomic mass is 15.1. The standard InChI is InChI=1S/C40H23B5N2/c1-22-46-31-16-7-8-17-32(31)47(22)26-13-9-12-24(20-26)34-28-15-6-5-14-27(28)33(23-10-3-2-4-11-23)30-21-25(18-19-29(30)34)35-36(41)38(43)40(45)39(44)37(35)42/h2-21H,1H3. The van der Waals surface area contributed by atoms with Crippen LogP contribution in [-0.2, 0) is 0 Å². The SMILES string of the molecule is [B]c1c([B])c([B])c(-c2ccc3c(-c4cccc(-n5c(C)nc6ccccc65)c4)c4ccccc4c(-c4ccccc4)c3c2)c([B])c1[B]. The summed E-state index contributed by atoms with van der Waals surface area (Å²) in [7, 11) is 31.9. The Morgan fingerprint density at radius 3 is 1.72 bits per heavy atom. The van der Waals surface area contributed by atoms with Gasteiger partial charge >= 0.3 is 0 Å². The predicted molar refractivity (Wildman–Crippen MR) is 204 cm³/mol. The van der Waals surface area contributed by atoms with E-state index in [2.05, 4.69) is 95.6 Å². The zero-order chi connectivity index (χ0) is 32.4. The van der Waals surface area contributed by atoms with Gasteiger partial charge in [0.15, 0.2) is 0 Å². The van der Waals surface area contributed by atoms with Gasteiger partial charge in [-0.15, -0.1) is 16.4 Å². The monoisotopic (exact) mass is 586 g/mol. The number of nitrogens with zero attached hydrogens (tertiary/aromatic N) is 2. The third-order valence-electron chi connectivity index (χ3n) is 9.20. The van der Waals surface area contributed by atoms with Gasteiger partial charge in [-0.2, -0.15) is 0 Å². The van der Waals surface area contributed by atoms with Crippen LogP contribution in [0.5, 0.6) is 0 Å². The molecular weight excluding hydrogens is 563 g/mol. The van der Waals surface area contributed by atoms with Crippen molar-refractivity contribution in [2.24, 2.45) is 0 Å². The van der Waals surface area contributed by atoms with E-state index < -0.39 is 0 Å². The quantitative estimate of drug-likeness (QED) is 0.218. The van der Waals surface area contributed by atoms with Crippen molar-refractivity contribution in [3.63, 3.8) is 0 Å². The molecule has 1 aromatic heterocycles. The van der Waals surface area contributed by atoms with Gasteiger partial charge in [-0.05, 0) is 92.2 Å². The molecule has 0 aliphatic carbocycles. The van der Waals surface area contributed by atoms with Crippen LogP contribution in [0.4, 0.5) is 0 Å². The lowest BCUT2D eigenvalue weighted by Crippen LogP contribution is -2.55. The molecule has 8 rings (SSSR count). The van der Waals surface area contributed by atoms with Crippen molar-refractivity contribution >= 4 is 99.1 Å². The second-order valence-electron chi connectivity index (χ2n) is 11.9. The van der Waals surface area contributed by atoms with E-state index in [-0.39, 0.29) is 16.4 Å². The second kappa shape index (κ2) is 11.3. The number of para-hydroxylation sites is 2. The molecule has 47 heavy (non-hydrogen) atoms. The van der Waals surface area contributed by atoms with E-state index in [4.69, 9.17) is 44.2 Å². The van der Waals surface area contributed by atoms with Crippen LogP contribution in [0.2, 0.25) is 0 Å². The van der Waals surface area contributed by atoms with Crippen molar-refractivity contribution in [3.8, 4) is 39.1 Å². The van der Waals surface area contributed by atoms with Gasteiger partial charge in [-0.25, -0.2) is 4.98 Å². The number of aromatic nitrogens is 2. The first-order valence-corrected chi connectivity index (χ1v) is 15.4.